The summed E-state index contributed by atoms with van der Waals surface area (Å²) < 4.78 is 47.6. The van der Waals surface area contributed by atoms with Crippen molar-refractivity contribution in [3.8, 4) is 0 Å². The number of aliphatic hydroxyl groups excluding tert-OH is 4. The van der Waals surface area contributed by atoms with Crippen LogP contribution in [0.2, 0.25) is 0 Å². The lowest BCUT2D eigenvalue weighted by Crippen LogP contribution is -2.61. The van der Waals surface area contributed by atoms with Gasteiger partial charge in [-0.05, 0) is 19.3 Å². The molecule has 0 saturated carbocycles. The average molecular weight is 850 g/mol. The van der Waals surface area contributed by atoms with Gasteiger partial charge in [0.1, 0.15) is 24.4 Å². The Kier molecular flexibility index (Phi) is 34.5. The number of amides is 1. The molecule has 7 atom stereocenters. The number of hydrogen-bond donors (Lipinski definition) is 6. The zero-order chi connectivity index (χ0) is 42.7. The molecule has 1 saturated heterocycles. The summed E-state index contributed by atoms with van der Waals surface area (Å²) in [6.45, 7) is 3.39. The van der Waals surface area contributed by atoms with Crippen LogP contribution in [0.15, 0.2) is 12.2 Å². The predicted octanol–water partition coefficient (Wildman–Crippen LogP) is 9.16. The molecule has 0 spiro atoms. The minimum Gasteiger partial charge on any atom is -0.394 e. The van der Waals surface area contributed by atoms with Crippen molar-refractivity contribution in [2.75, 3.05) is 13.2 Å². The van der Waals surface area contributed by atoms with Gasteiger partial charge >= 0.3 is 10.4 Å². The van der Waals surface area contributed by atoms with Crippen molar-refractivity contribution in [2.24, 2.45) is 0 Å². The van der Waals surface area contributed by atoms with Crippen LogP contribution in [0, 0.1) is 0 Å². The molecule has 0 aromatic rings. The number of carbonyl (C=O) groups is 1. The van der Waals surface area contributed by atoms with Crippen molar-refractivity contribution < 1.29 is 51.8 Å². The quantitative estimate of drug-likeness (QED) is 0.0196. The second kappa shape index (κ2) is 36.5. The van der Waals surface area contributed by atoms with E-state index in [0.29, 0.717) is 6.42 Å². The number of hydrogen-bond acceptors (Lipinski definition) is 10. The van der Waals surface area contributed by atoms with Crippen LogP contribution in [0.5, 0.6) is 0 Å². The maximum atomic E-state index is 13.0. The van der Waals surface area contributed by atoms with Gasteiger partial charge in [0.05, 0.1) is 25.4 Å². The molecular weight excluding hydrogens is 763 g/mol. The second-order valence-electron chi connectivity index (χ2n) is 16.7. The minimum absolute atomic E-state index is 0.261. The van der Waals surface area contributed by atoms with E-state index in [1.165, 1.54) is 148 Å². The Bertz CT molecular complexity index is 1090. The van der Waals surface area contributed by atoms with Crippen LogP contribution in [0.3, 0.4) is 0 Å². The third kappa shape index (κ3) is 29.2. The van der Waals surface area contributed by atoms with E-state index in [-0.39, 0.29) is 18.9 Å². The van der Waals surface area contributed by atoms with E-state index in [9.17, 15) is 38.2 Å². The molecule has 344 valence electrons. The number of aliphatic hydroxyl groups is 4. The number of rotatable bonds is 40. The summed E-state index contributed by atoms with van der Waals surface area (Å²) in [6, 6.07) is -0.937. The highest BCUT2D eigenvalue weighted by Gasteiger charge is 2.48. The molecular formula is C45H87NO11S. The highest BCUT2D eigenvalue weighted by atomic mass is 32.3. The lowest BCUT2D eigenvalue weighted by atomic mass is 9.99. The van der Waals surface area contributed by atoms with Gasteiger partial charge in [-0.3, -0.25) is 9.35 Å². The van der Waals surface area contributed by atoms with Crippen LogP contribution in [-0.4, -0.2) is 95.4 Å². The Hall–Kier alpha value is -1.16. The van der Waals surface area contributed by atoms with Gasteiger partial charge in [0.15, 0.2) is 6.29 Å². The predicted molar refractivity (Wildman–Crippen MR) is 232 cm³/mol. The maximum Gasteiger partial charge on any atom is 0.397 e. The smallest absolute Gasteiger partial charge is 0.394 e. The number of ether oxygens (including phenoxy) is 2. The van der Waals surface area contributed by atoms with Gasteiger partial charge in [0, 0.05) is 6.42 Å². The SMILES string of the molecule is CCCCCCCCCCCCCCCCCC/C=C/C(O)C(COC1OC(CO)C(O)C(OS(=O)(=O)O)C1O)NC(=O)CCCCCCCCCCCCCCC. The molecule has 0 aliphatic carbocycles. The highest BCUT2D eigenvalue weighted by molar-refractivity contribution is 7.80. The Labute approximate surface area is 353 Å². The second-order valence-corrected chi connectivity index (χ2v) is 17.8. The molecule has 0 radical (unpaired) electrons. The first-order chi connectivity index (χ1) is 28.0. The van der Waals surface area contributed by atoms with Crippen molar-refractivity contribution in [3.05, 3.63) is 12.2 Å². The standard InChI is InChI=1S/C45H87NO11S/c1-3-5-7-9-11-13-15-17-18-19-20-21-23-24-26-28-30-32-34-39(48)38(37-55-45-43(51)44(57-58(52,53)54)42(50)40(36-47)56-45)46-41(49)35-33-31-29-27-25-22-16-14-12-10-8-6-4-2/h32,34,38-40,42-45,47-48,50-51H,3-31,33,35-37H2,1-2H3,(H,46,49)(H,52,53,54)/b34-32+. The number of nitrogens with one attached hydrogen (secondary N) is 1. The van der Waals surface area contributed by atoms with Gasteiger partial charge in [-0.1, -0.05) is 199 Å². The zero-order valence-electron chi connectivity index (χ0n) is 36.6. The van der Waals surface area contributed by atoms with Gasteiger partial charge in [-0.25, -0.2) is 4.18 Å². The molecule has 12 nitrogen and oxygen atoms in total. The van der Waals surface area contributed by atoms with Crippen LogP contribution < -0.4 is 5.32 Å². The summed E-state index contributed by atoms with van der Waals surface area (Å²) in [4.78, 5) is 13.0. The largest absolute Gasteiger partial charge is 0.397 e. The van der Waals surface area contributed by atoms with Gasteiger partial charge in [-0.2, -0.15) is 8.42 Å². The van der Waals surface area contributed by atoms with Crippen LogP contribution in [0.4, 0.5) is 0 Å². The van der Waals surface area contributed by atoms with E-state index in [1.807, 2.05) is 6.08 Å². The molecule has 0 bridgehead atoms. The Morgan fingerprint density at radius 2 is 1.09 bits per heavy atom. The molecule has 1 fully saturated rings. The van der Waals surface area contributed by atoms with Gasteiger partial charge in [-0.15, -0.1) is 0 Å². The van der Waals surface area contributed by atoms with Crippen LogP contribution in [-0.2, 0) is 28.9 Å². The minimum atomic E-state index is -5.08. The van der Waals surface area contributed by atoms with E-state index in [0.717, 1.165) is 38.5 Å². The van der Waals surface area contributed by atoms with Crippen molar-refractivity contribution >= 4 is 16.3 Å². The number of allylic oxidation sites excluding steroid dienone is 1. The van der Waals surface area contributed by atoms with E-state index in [4.69, 9.17) is 9.47 Å². The first-order valence-electron chi connectivity index (χ1n) is 23.6. The first-order valence-corrected chi connectivity index (χ1v) is 24.9. The normalized spacial score (nSPS) is 21.1. The third-order valence-electron chi connectivity index (χ3n) is 11.3. The summed E-state index contributed by atoms with van der Waals surface area (Å²) in [5.74, 6) is -0.261. The molecule has 6 N–H and O–H groups in total. The summed E-state index contributed by atoms with van der Waals surface area (Å²) in [6.07, 6.45) is 31.0. The molecule has 0 aromatic carbocycles. The van der Waals surface area contributed by atoms with E-state index in [2.05, 4.69) is 23.3 Å². The molecule has 0 aromatic heterocycles. The monoisotopic (exact) mass is 850 g/mol. The van der Waals surface area contributed by atoms with Crippen molar-refractivity contribution in [1.82, 2.24) is 5.32 Å². The molecule has 1 amide bonds. The molecule has 1 aliphatic heterocycles. The lowest BCUT2D eigenvalue weighted by molar-refractivity contribution is -0.298. The van der Waals surface area contributed by atoms with Crippen molar-refractivity contribution in [1.29, 1.82) is 0 Å². The fraction of sp³-hybridized carbons (Fsp3) is 0.933. The first kappa shape index (κ1) is 54.9. The van der Waals surface area contributed by atoms with E-state index >= 15 is 0 Å². The number of unbranched alkanes of at least 4 members (excludes halogenated alkanes) is 28. The van der Waals surface area contributed by atoms with Crippen molar-refractivity contribution in [3.63, 3.8) is 0 Å². The van der Waals surface area contributed by atoms with Crippen molar-refractivity contribution in [2.45, 2.75) is 256 Å². The fourth-order valence-electron chi connectivity index (χ4n) is 7.63. The average Bonchev–Trinajstić information content (AvgIpc) is 3.19. The summed E-state index contributed by atoms with van der Waals surface area (Å²) >= 11 is 0. The van der Waals surface area contributed by atoms with Gasteiger partial charge in [0.2, 0.25) is 5.91 Å². The molecule has 13 heteroatoms. The van der Waals surface area contributed by atoms with E-state index < -0.39 is 59.9 Å². The topological polar surface area (TPSA) is 192 Å². The summed E-state index contributed by atoms with van der Waals surface area (Å²) in [7, 11) is -5.08. The maximum absolute atomic E-state index is 13.0. The summed E-state index contributed by atoms with van der Waals surface area (Å²) in [5.41, 5.74) is 0. The molecule has 1 aliphatic rings. The molecule has 1 heterocycles. The lowest BCUT2D eigenvalue weighted by Gasteiger charge is -2.41. The van der Waals surface area contributed by atoms with Crippen LogP contribution in [0.1, 0.15) is 213 Å². The van der Waals surface area contributed by atoms with Gasteiger partial charge < -0.3 is 35.2 Å². The van der Waals surface area contributed by atoms with Crippen LogP contribution in [0.25, 0.3) is 0 Å². The Morgan fingerprint density at radius 1 is 0.672 bits per heavy atom. The number of carbonyl (C=O) groups excluding carboxylic acids is 1. The molecule has 7 unspecified atom stereocenters. The van der Waals surface area contributed by atoms with Crippen LogP contribution >= 0.6 is 0 Å². The fourth-order valence-corrected chi connectivity index (χ4v) is 8.14. The Balaban J connectivity index is 2.51. The third-order valence-corrected chi connectivity index (χ3v) is 11.8. The van der Waals surface area contributed by atoms with Gasteiger partial charge in [0.25, 0.3) is 0 Å². The zero-order valence-corrected chi connectivity index (χ0v) is 37.4. The molecule has 58 heavy (non-hydrogen) atoms. The highest BCUT2D eigenvalue weighted by Crippen LogP contribution is 2.26. The summed E-state index contributed by atoms with van der Waals surface area (Å²) in [5, 5.41) is 44.7. The Morgan fingerprint density at radius 3 is 1.50 bits per heavy atom. The molecule has 1 rings (SSSR count). The van der Waals surface area contributed by atoms with E-state index in [1.54, 1.807) is 6.08 Å².